The highest BCUT2D eigenvalue weighted by Gasteiger charge is 2.22. The number of thiophene rings is 1. The van der Waals surface area contributed by atoms with Crippen LogP contribution in [0.1, 0.15) is 0 Å². The van der Waals surface area contributed by atoms with Gasteiger partial charge in [-0.2, -0.15) is 0 Å². The highest BCUT2D eigenvalue weighted by molar-refractivity contribution is 7.26. The zero-order valence-electron chi connectivity index (χ0n) is 40.6. The van der Waals surface area contributed by atoms with Crippen LogP contribution >= 0.6 is 11.3 Å². The molecule has 0 aliphatic heterocycles. The molecule has 0 aliphatic carbocycles. The van der Waals surface area contributed by atoms with Crippen molar-refractivity contribution >= 4 is 97.2 Å². The average Bonchev–Trinajstić information content (AvgIpc) is 4.29. The molecular formula is C69H40N4O2S. The predicted molar refractivity (Wildman–Crippen MR) is 314 cm³/mol. The lowest BCUT2D eigenvalue weighted by Gasteiger charge is -2.11. The van der Waals surface area contributed by atoms with Crippen LogP contribution in [0.5, 0.6) is 0 Å². The number of benzene rings is 11. The number of nitrogens with zero attached hydrogens (tertiary/aromatic N) is 4. The first-order valence-electron chi connectivity index (χ1n) is 25.5. The maximum atomic E-state index is 6.64. The van der Waals surface area contributed by atoms with Gasteiger partial charge in [-0.05, 0) is 112 Å². The molecule has 5 aromatic heterocycles. The second kappa shape index (κ2) is 16.8. The third-order valence-corrected chi connectivity index (χ3v) is 16.3. The molecule has 0 saturated carbocycles. The van der Waals surface area contributed by atoms with E-state index in [-0.39, 0.29) is 0 Å². The minimum Gasteiger partial charge on any atom is -0.456 e. The quantitative estimate of drug-likeness (QED) is 0.159. The topological polar surface area (TPSA) is 69.9 Å². The van der Waals surface area contributed by atoms with Crippen molar-refractivity contribution < 1.29 is 8.83 Å². The summed E-state index contributed by atoms with van der Waals surface area (Å²) in [6, 6.07) is 85.6. The molecule has 0 amide bonds. The van der Waals surface area contributed by atoms with E-state index in [0.29, 0.717) is 17.5 Å². The second-order valence-electron chi connectivity index (χ2n) is 19.4. The van der Waals surface area contributed by atoms with Crippen LogP contribution in [0.15, 0.2) is 251 Å². The molecule has 7 heteroatoms. The van der Waals surface area contributed by atoms with Crippen LogP contribution < -0.4 is 0 Å². The molecule has 6 nitrogen and oxygen atoms in total. The van der Waals surface area contributed by atoms with E-state index in [9.17, 15) is 0 Å². The average molecular weight is 989 g/mol. The van der Waals surface area contributed by atoms with Crippen molar-refractivity contribution in [2.75, 3.05) is 0 Å². The standard InChI is InChI=1S/C69H40N4O2S/c1-4-16-41(17-5-1)53-39-46(40-62-64(53)51-23-11-13-28-59(51)75-62)68-70-67(42-18-6-2-7-19-42)71-69(72-68)52-26-15-29-61-65(52)56-37-43(31-34-60(56)74-61)44-32-35-63-55(36-44)50-25-14-24-48(66(50)76-63)45-30-33-58-54(38-45)49-22-10-12-27-57(49)73(58)47-20-8-3-9-21-47/h1-40H. The van der Waals surface area contributed by atoms with Gasteiger partial charge in [0.15, 0.2) is 17.5 Å². The molecule has 11 aromatic carbocycles. The van der Waals surface area contributed by atoms with E-state index < -0.39 is 0 Å². The number of fused-ring (bicyclic) bond motifs is 12. The molecule has 76 heavy (non-hydrogen) atoms. The fourth-order valence-corrected chi connectivity index (χ4v) is 12.8. The van der Waals surface area contributed by atoms with Crippen LogP contribution in [0, 0.1) is 0 Å². The van der Waals surface area contributed by atoms with Crippen molar-refractivity contribution in [3.8, 4) is 73.2 Å². The van der Waals surface area contributed by atoms with Crippen LogP contribution in [-0.2, 0) is 0 Å². The van der Waals surface area contributed by atoms with Gasteiger partial charge in [0, 0.05) is 74.9 Å². The number of aromatic nitrogens is 4. The molecule has 16 rings (SSSR count). The minimum atomic E-state index is 0.546. The molecule has 0 atom stereocenters. The van der Waals surface area contributed by atoms with Crippen molar-refractivity contribution in [1.29, 1.82) is 0 Å². The monoisotopic (exact) mass is 988 g/mol. The van der Waals surface area contributed by atoms with Gasteiger partial charge in [-0.1, -0.05) is 164 Å². The molecule has 0 unspecified atom stereocenters. The van der Waals surface area contributed by atoms with Gasteiger partial charge in [0.05, 0.1) is 11.0 Å². The first-order valence-corrected chi connectivity index (χ1v) is 26.3. The van der Waals surface area contributed by atoms with Crippen LogP contribution in [0.2, 0.25) is 0 Å². The Hall–Kier alpha value is -9.95. The van der Waals surface area contributed by atoms with E-state index in [1.54, 1.807) is 0 Å². The Morgan fingerprint density at radius 2 is 0.882 bits per heavy atom. The molecule has 0 N–H and O–H groups in total. The molecule has 0 saturated heterocycles. The van der Waals surface area contributed by atoms with Gasteiger partial charge in [0.25, 0.3) is 0 Å². The van der Waals surface area contributed by atoms with E-state index in [0.717, 1.165) is 88.5 Å². The molecular weight excluding hydrogens is 949 g/mol. The van der Waals surface area contributed by atoms with Crippen molar-refractivity contribution in [2.24, 2.45) is 0 Å². The molecule has 0 spiro atoms. The second-order valence-corrected chi connectivity index (χ2v) is 20.5. The predicted octanol–water partition coefficient (Wildman–Crippen LogP) is 19.1. The van der Waals surface area contributed by atoms with Gasteiger partial charge in [0.1, 0.15) is 22.3 Å². The fraction of sp³-hybridized carbons (Fsp3) is 0. The lowest BCUT2D eigenvalue weighted by molar-refractivity contribution is 0.668. The van der Waals surface area contributed by atoms with E-state index in [1.807, 2.05) is 72.0 Å². The first kappa shape index (κ1) is 42.5. The summed E-state index contributed by atoms with van der Waals surface area (Å²) in [7, 11) is 0. The Morgan fingerprint density at radius 1 is 0.303 bits per heavy atom. The number of furan rings is 2. The summed E-state index contributed by atoms with van der Waals surface area (Å²) >= 11 is 1.86. The Morgan fingerprint density at radius 3 is 1.72 bits per heavy atom. The third-order valence-electron chi connectivity index (χ3n) is 15.1. The number of rotatable bonds is 7. The molecule has 0 bridgehead atoms. The summed E-state index contributed by atoms with van der Waals surface area (Å²) in [5.41, 5.74) is 16.1. The Bertz CT molecular complexity index is 4990. The molecule has 0 radical (unpaired) electrons. The summed E-state index contributed by atoms with van der Waals surface area (Å²) in [6.45, 7) is 0. The van der Waals surface area contributed by atoms with E-state index in [2.05, 4.69) is 187 Å². The summed E-state index contributed by atoms with van der Waals surface area (Å²) in [6.07, 6.45) is 0. The minimum absolute atomic E-state index is 0.546. The van der Waals surface area contributed by atoms with E-state index in [4.69, 9.17) is 23.8 Å². The van der Waals surface area contributed by atoms with Crippen LogP contribution in [0.25, 0.3) is 159 Å². The van der Waals surface area contributed by atoms with E-state index in [1.165, 1.54) is 53.1 Å². The Kier molecular flexibility index (Phi) is 9.40. The van der Waals surface area contributed by atoms with Crippen LogP contribution in [0.3, 0.4) is 0 Å². The first-order chi connectivity index (χ1) is 37.6. The Labute approximate surface area is 439 Å². The highest BCUT2D eigenvalue weighted by atomic mass is 32.1. The molecule has 0 aliphatic rings. The van der Waals surface area contributed by atoms with E-state index >= 15 is 0 Å². The normalized spacial score (nSPS) is 11.9. The zero-order chi connectivity index (χ0) is 49.8. The van der Waals surface area contributed by atoms with Crippen molar-refractivity contribution in [2.45, 2.75) is 0 Å². The van der Waals surface area contributed by atoms with Crippen molar-refractivity contribution in [3.05, 3.63) is 243 Å². The number of hydrogen-bond donors (Lipinski definition) is 0. The largest absolute Gasteiger partial charge is 0.456 e. The van der Waals surface area contributed by atoms with Crippen LogP contribution in [-0.4, -0.2) is 19.5 Å². The summed E-state index contributed by atoms with van der Waals surface area (Å²) < 4.78 is 18.1. The lowest BCUT2D eigenvalue weighted by atomic mass is 9.96. The van der Waals surface area contributed by atoms with Crippen LogP contribution in [0.4, 0.5) is 0 Å². The molecule has 354 valence electrons. The van der Waals surface area contributed by atoms with Gasteiger partial charge in [-0.15, -0.1) is 11.3 Å². The maximum Gasteiger partial charge on any atom is 0.164 e. The van der Waals surface area contributed by atoms with Gasteiger partial charge in [-0.25, -0.2) is 15.0 Å². The lowest BCUT2D eigenvalue weighted by Crippen LogP contribution is -2.00. The van der Waals surface area contributed by atoms with Gasteiger partial charge in [-0.3, -0.25) is 0 Å². The zero-order valence-corrected chi connectivity index (χ0v) is 41.4. The van der Waals surface area contributed by atoms with Crippen molar-refractivity contribution in [3.63, 3.8) is 0 Å². The summed E-state index contributed by atoms with van der Waals surface area (Å²) in [5.74, 6) is 1.67. The molecule has 16 aromatic rings. The summed E-state index contributed by atoms with van der Waals surface area (Å²) in [5, 5.41) is 9.03. The number of para-hydroxylation sites is 3. The van der Waals surface area contributed by atoms with Gasteiger partial charge < -0.3 is 13.4 Å². The fourth-order valence-electron chi connectivity index (χ4n) is 11.6. The molecule has 5 heterocycles. The maximum absolute atomic E-state index is 6.64. The number of hydrogen-bond acceptors (Lipinski definition) is 6. The highest BCUT2D eigenvalue weighted by Crippen LogP contribution is 2.45. The van der Waals surface area contributed by atoms with Gasteiger partial charge in [0.2, 0.25) is 0 Å². The van der Waals surface area contributed by atoms with Crippen molar-refractivity contribution in [1.82, 2.24) is 19.5 Å². The van der Waals surface area contributed by atoms with Gasteiger partial charge >= 0.3 is 0 Å². The third kappa shape index (κ3) is 6.69. The summed E-state index contributed by atoms with van der Waals surface area (Å²) in [4.78, 5) is 15.8. The molecule has 0 fully saturated rings. The Balaban J connectivity index is 0.826. The smallest absolute Gasteiger partial charge is 0.164 e. The SMILES string of the molecule is c1ccc(-c2nc(-c3cc(-c4ccccc4)c4c(c3)oc3ccccc34)nc(-c3cccc4oc5ccc(-c6ccc7sc8c(-c9ccc%10c(c9)c9ccccc9n%10-c9ccccc9)cccc8c7c6)cc5c34)n2)cc1.